The monoisotopic (exact) mass is 272 g/mol. The van der Waals surface area contributed by atoms with E-state index in [4.69, 9.17) is 11.6 Å². The van der Waals surface area contributed by atoms with E-state index < -0.39 is 0 Å². The Balaban J connectivity index is 1.70. The van der Waals surface area contributed by atoms with Crippen LogP contribution in [0.5, 0.6) is 0 Å². The molecule has 2 aromatic heterocycles. The van der Waals surface area contributed by atoms with Crippen LogP contribution in [-0.2, 0) is 12.4 Å². The molecule has 5 heteroatoms. The first-order valence-electron chi connectivity index (χ1n) is 6.03. The van der Waals surface area contributed by atoms with Gasteiger partial charge < -0.3 is 5.32 Å². The summed E-state index contributed by atoms with van der Waals surface area (Å²) in [5, 5.41) is 7.41. The molecule has 3 aromatic rings. The normalized spacial score (nSPS) is 10.8. The zero-order valence-corrected chi connectivity index (χ0v) is 11.0. The third-order valence-corrected chi connectivity index (χ3v) is 3.22. The topological polar surface area (TPSA) is 42.2 Å². The third-order valence-electron chi connectivity index (χ3n) is 2.91. The lowest BCUT2D eigenvalue weighted by atomic mass is 10.1. The van der Waals surface area contributed by atoms with Crippen molar-refractivity contribution in [2.45, 2.75) is 12.4 Å². The van der Waals surface area contributed by atoms with Gasteiger partial charge in [-0.05, 0) is 17.2 Å². The van der Waals surface area contributed by atoms with Crippen LogP contribution in [-0.4, -0.2) is 14.6 Å². The van der Waals surface area contributed by atoms with Crippen molar-refractivity contribution in [3.05, 3.63) is 59.9 Å². The van der Waals surface area contributed by atoms with Gasteiger partial charge in [0.25, 0.3) is 0 Å². The molecule has 0 amide bonds. The third kappa shape index (κ3) is 2.69. The minimum atomic E-state index is 0.549. The lowest BCUT2D eigenvalue weighted by molar-refractivity contribution is 0.936. The minimum absolute atomic E-state index is 0.549. The standard InChI is InChI=1S/C14H13ClN4/c15-9-11-1-3-12(4-2-11)10-16-13-6-8-19-14(18-13)5-7-17-19/h1-8H,9-10H2,(H,16,18). The Morgan fingerprint density at radius 2 is 1.84 bits per heavy atom. The Hall–Kier alpha value is -2.07. The molecule has 1 N–H and O–H groups in total. The Labute approximate surface area is 116 Å². The molecule has 0 saturated heterocycles. The molecule has 0 spiro atoms. The second-order valence-corrected chi connectivity index (χ2v) is 4.52. The maximum Gasteiger partial charge on any atom is 0.157 e. The van der Waals surface area contributed by atoms with E-state index >= 15 is 0 Å². The zero-order valence-electron chi connectivity index (χ0n) is 10.3. The fraction of sp³-hybridized carbons (Fsp3) is 0.143. The Morgan fingerprint density at radius 3 is 2.63 bits per heavy atom. The summed E-state index contributed by atoms with van der Waals surface area (Å²) in [7, 11) is 0. The van der Waals surface area contributed by atoms with E-state index in [0.29, 0.717) is 5.88 Å². The molecule has 0 saturated carbocycles. The largest absolute Gasteiger partial charge is 0.366 e. The number of benzene rings is 1. The summed E-state index contributed by atoms with van der Waals surface area (Å²) in [6.07, 6.45) is 3.62. The van der Waals surface area contributed by atoms with Crippen LogP contribution in [0.2, 0.25) is 0 Å². The molecule has 0 bridgehead atoms. The molecule has 0 radical (unpaired) electrons. The molecule has 2 heterocycles. The van der Waals surface area contributed by atoms with E-state index in [1.165, 1.54) is 5.56 Å². The molecule has 0 aliphatic carbocycles. The molecule has 1 aromatic carbocycles. The van der Waals surface area contributed by atoms with E-state index in [-0.39, 0.29) is 0 Å². The van der Waals surface area contributed by atoms with Crippen LogP contribution in [0.25, 0.3) is 5.65 Å². The van der Waals surface area contributed by atoms with Gasteiger partial charge in [0, 0.05) is 24.7 Å². The lowest BCUT2D eigenvalue weighted by Gasteiger charge is -2.06. The number of hydrogen-bond acceptors (Lipinski definition) is 3. The Kier molecular flexibility index (Phi) is 3.33. The van der Waals surface area contributed by atoms with Gasteiger partial charge in [-0.2, -0.15) is 5.10 Å². The number of alkyl halides is 1. The van der Waals surface area contributed by atoms with Gasteiger partial charge in [0.05, 0.1) is 6.20 Å². The van der Waals surface area contributed by atoms with Gasteiger partial charge in [0.2, 0.25) is 0 Å². The van der Waals surface area contributed by atoms with Gasteiger partial charge >= 0.3 is 0 Å². The fourth-order valence-electron chi connectivity index (χ4n) is 1.85. The summed E-state index contributed by atoms with van der Waals surface area (Å²) in [5.74, 6) is 1.39. The van der Waals surface area contributed by atoms with Crippen LogP contribution in [0.4, 0.5) is 5.82 Å². The second kappa shape index (κ2) is 5.28. The number of anilines is 1. The van der Waals surface area contributed by atoms with E-state index in [0.717, 1.165) is 23.6 Å². The second-order valence-electron chi connectivity index (χ2n) is 4.25. The maximum atomic E-state index is 5.76. The molecule has 0 aliphatic heterocycles. The number of fused-ring (bicyclic) bond motifs is 1. The van der Waals surface area contributed by atoms with E-state index in [9.17, 15) is 0 Å². The molecule has 19 heavy (non-hydrogen) atoms. The summed E-state index contributed by atoms with van der Waals surface area (Å²) in [6.45, 7) is 0.736. The number of aromatic nitrogens is 3. The minimum Gasteiger partial charge on any atom is -0.366 e. The number of rotatable bonds is 4. The predicted octanol–water partition coefficient (Wildman–Crippen LogP) is 3.08. The van der Waals surface area contributed by atoms with Crippen LogP contribution >= 0.6 is 11.6 Å². The van der Waals surface area contributed by atoms with Crippen molar-refractivity contribution >= 4 is 23.1 Å². The van der Waals surface area contributed by atoms with Crippen LogP contribution in [0.15, 0.2) is 48.8 Å². The molecule has 0 atom stereocenters. The first-order chi connectivity index (χ1) is 9.35. The molecule has 3 rings (SSSR count). The Bertz CT molecular complexity index is 675. The fourth-order valence-corrected chi connectivity index (χ4v) is 2.03. The van der Waals surface area contributed by atoms with Crippen molar-refractivity contribution in [1.82, 2.24) is 14.6 Å². The van der Waals surface area contributed by atoms with E-state index in [1.807, 2.05) is 30.5 Å². The molecule has 4 nitrogen and oxygen atoms in total. The van der Waals surface area contributed by atoms with Crippen molar-refractivity contribution in [1.29, 1.82) is 0 Å². The van der Waals surface area contributed by atoms with Crippen molar-refractivity contribution in [2.75, 3.05) is 5.32 Å². The molecule has 0 fully saturated rings. The first-order valence-corrected chi connectivity index (χ1v) is 6.57. The summed E-state index contributed by atoms with van der Waals surface area (Å²) < 4.78 is 1.74. The number of halogens is 1. The van der Waals surface area contributed by atoms with E-state index in [1.54, 1.807) is 10.7 Å². The molecule has 96 valence electrons. The quantitative estimate of drug-likeness (QED) is 0.742. The zero-order chi connectivity index (χ0) is 13.1. The average molecular weight is 273 g/mol. The summed E-state index contributed by atoms with van der Waals surface area (Å²) in [5.41, 5.74) is 3.16. The van der Waals surface area contributed by atoms with Crippen LogP contribution in [0.1, 0.15) is 11.1 Å². The van der Waals surface area contributed by atoms with Crippen molar-refractivity contribution in [2.24, 2.45) is 0 Å². The maximum absolute atomic E-state index is 5.76. The van der Waals surface area contributed by atoms with Gasteiger partial charge in [-0.15, -0.1) is 11.6 Å². The highest BCUT2D eigenvalue weighted by Gasteiger charge is 1.99. The van der Waals surface area contributed by atoms with Crippen molar-refractivity contribution < 1.29 is 0 Å². The smallest absolute Gasteiger partial charge is 0.157 e. The average Bonchev–Trinajstić information content (AvgIpc) is 2.93. The highest BCUT2D eigenvalue weighted by Crippen LogP contribution is 2.10. The van der Waals surface area contributed by atoms with Crippen molar-refractivity contribution in [3.8, 4) is 0 Å². The molecular formula is C14H13ClN4. The molecule has 0 aliphatic rings. The van der Waals surface area contributed by atoms with Gasteiger partial charge in [-0.1, -0.05) is 24.3 Å². The van der Waals surface area contributed by atoms with Gasteiger partial charge in [0.15, 0.2) is 5.65 Å². The number of hydrogen-bond donors (Lipinski definition) is 1. The Morgan fingerprint density at radius 1 is 1.05 bits per heavy atom. The van der Waals surface area contributed by atoms with Crippen LogP contribution in [0.3, 0.4) is 0 Å². The van der Waals surface area contributed by atoms with Crippen LogP contribution in [0, 0.1) is 0 Å². The number of nitrogens with one attached hydrogen (secondary N) is 1. The first kappa shape index (κ1) is 12.0. The number of nitrogens with zero attached hydrogens (tertiary/aromatic N) is 3. The SMILES string of the molecule is ClCc1ccc(CNc2ccn3nccc3n2)cc1. The molecular weight excluding hydrogens is 260 g/mol. The van der Waals surface area contributed by atoms with Gasteiger partial charge in [-0.3, -0.25) is 0 Å². The predicted molar refractivity (Wildman–Crippen MR) is 76.3 cm³/mol. The van der Waals surface area contributed by atoms with Gasteiger partial charge in [-0.25, -0.2) is 9.50 Å². The highest BCUT2D eigenvalue weighted by atomic mass is 35.5. The van der Waals surface area contributed by atoms with Crippen molar-refractivity contribution in [3.63, 3.8) is 0 Å². The van der Waals surface area contributed by atoms with E-state index in [2.05, 4.69) is 27.5 Å². The van der Waals surface area contributed by atoms with Crippen LogP contribution < -0.4 is 5.32 Å². The lowest BCUT2D eigenvalue weighted by Crippen LogP contribution is -2.02. The van der Waals surface area contributed by atoms with Gasteiger partial charge in [0.1, 0.15) is 5.82 Å². The summed E-state index contributed by atoms with van der Waals surface area (Å²) >= 11 is 5.76. The molecule has 0 unspecified atom stereocenters. The summed E-state index contributed by atoms with van der Waals surface area (Å²) in [6, 6.07) is 12.0. The summed E-state index contributed by atoms with van der Waals surface area (Å²) in [4.78, 5) is 4.45. The highest BCUT2D eigenvalue weighted by molar-refractivity contribution is 6.17.